The summed E-state index contributed by atoms with van der Waals surface area (Å²) in [4.78, 5) is 0. The van der Waals surface area contributed by atoms with Gasteiger partial charge in [0.05, 0.1) is 0 Å². The van der Waals surface area contributed by atoms with Crippen LogP contribution in [0.3, 0.4) is 0 Å². The Morgan fingerprint density at radius 1 is 1.42 bits per heavy atom. The summed E-state index contributed by atoms with van der Waals surface area (Å²) in [5, 5.41) is 0. The lowest BCUT2D eigenvalue weighted by Crippen LogP contribution is -2.47. The van der Waals surface area contributed by atoms with E-state index in [2.05, 4.69) is 0 Å². The van der Waals surface area contributed by atoms with Crippen molar-refractivity contribution in [1.82, 2.24) is 0 Å². The van der Waals surface area contributed by atoms with Crippen LogP contribution in [0.5, 0.6) is 0 Å². The summed E-state index contributed by atoms with van der Waals surface area (Å²) in [6, 6.07) is 0. The topological polar surface area (TPSA) is 35.2 Å². The third-order valence-electron chi connectivity index (χ3n) is 2.39. The SMILES string of the molecule is CC(C)(N)C(F)C1CCOCC1. The molecule has 1 unspecified atom stereocenters. The quantitative estimate of drug-likeness (QED) is 0.690. The van der Waals surface area contributed by atoms with E-state index in [0.717, 1.165) is 12.8 Å². The second-order valence-electron chi connectivity index (χ2n) is 4.17. The van der Waals surface area contributed by atoms with Crippen LogP contribution in [0.15, 0.2) is 0 Å². The van der Waals surface area contributed by atoms with Crippen molar-refractivity contribution in [3.8, 4) is 0 Å². The van der Waals surface area contributed by atoms with Gasteiger partial charge in [-0.2, -0.15) is 0 Å². The maximum absolute atomic E-state index is 13.6. The number of ether oxygens (including phenoxy) is 1. The van der Waals surface area contributed by atoms with Gasteiger partial charge >= 0.3 is 0 Å². The second kappa shape index (κ2) is 3.71. The molecule has 0 amide bonds. The lowest BCUT2D eigenvalue weighted by Gasteiger charge is -2.33. The van der Waals surface area contributed by atoms with E-state index in [4.69, 9.17) is 10.5 Å². The molecular weight excluding hydrogens is 157 g/mol. The molecule has 3 heteroatoms. The fourth-order valence-electron chi connectivity index (χ4n) is 1.62. The van der Waals surface area contributed by atoms with Crippen LogP contribution in [0.4, 0.5) is 4.39 Å². The lowest BCUT2D eigenvalue weighted by atomic mass is 9.84. The Morgan fingerprint density at radius 3 is 2.33 bits per heavy atom. The van der Waals surface area contributed by atoms with Crippen molar-refractivity contribution >= 4 is 0 Å². The molecule has 1 saturated heterocycles. The molecule has 0 aromatic heterocycles. The minimum absolute atomic E-state index is 0.0961. The van der Waals surface area contributed by atoms with Crippen molar-refractivity contribution in [2.45, 2.75) is 38.4 Å². The standard InChI is InChI=1S/C9H18FNO/c1-9(2,11)8(10)7-3-5-12-6-4-7/h7-8H,3-6,11H2,1-2H3. The molecule has 12 heavy (non-hydrogen) atoms. The highest BCUT2D eigenvalue weighted by Gasteiger charge is 2.33. The zero-order chi connectivity index (χ0) is 9.19. The van der Waals surface area contributed by atoms with Crippen molar-refractivity contribution in [1.29, 1.82) is 0 Å². The number of nitrogens with two attached hydrogens (primary N) is 1. The van der Waals surface area contributed by atoms with E-state index < -0.39 is 11.7 Å². The minimum Gasteiger partial charge on any atom is -0.381 e. The van der Waals surface area contributed by atoms with E-state index >= 15 is 0 Å². The van der Waals surface area contributed by atoms with Gasteiger partial charge < -0.3 is 10.5 Å². The van der Waals surface area contributed by atoms with Crippen molar-refractivity contribution in [3.05, 3.63) is 0 Å². The predicted octanol–water partition coefficient (Wildman–Crippen LogP) is 1.49. The first-order valence-electron chi connectivity index (χ1n) is 4.52. The second-order valence-corrected chi connectivity index (χ2v) is 4.17. The molecule has 1 fully saturated rings. The predicted molar refractivity (Wildman–Crippen MR) is 46.7 cm³/mol. The van der Waals surface area contributed by atoms with Crippen molar-refractivity contribution in [3.63, 3.8) is 0 Å². The van der Waals surface area contributed by atoms with Gasteiger partial charge in [0.1, 0.15) is 6.17 Å². The molecule has 1 heterocycles. The highest BCUT2D eigenvalue weighted by atomic mass is 19.1. The van der Waals surface area contributed by atoms with Gasteiger partial charge in [0, 0.05) is 18.8 Å². The van der Waals surface area contributed by atoms with Gasteiger partial charge in [-0.15, -0.1) is 0 Å². The molecule has 1 rings (SSSR count). The smallest absolute Gasteiger partial charge is 0.120 e. The Labute approximate surface area is 73.3 Å². The zero-order valence-electron chi connectivity index (χ0n) is 7.85. The minimum atomic E-state index is -0.901. The summed E-state index contributed by atoms with van der Waals surface area (Å²) in [7, 11) is 0. The van der Waals surface area contributed by atoms with E-state index in [1.165, 1.54) is 0 Å². The maximum Gasteiger partial charge on any atom is 0.120 e. The fourth-order valence-corrected chi connectivity index (χ4v) is 1.62. The number of hydrogen-bond donors (Lipinski definition) is 1. The van der Waals surface area contributed by atoms with Gasteiger partial charge in [0.25, 0.3) is 0 Å². The highest BCUT2D eigenvalue weighted by Crippen LogP contribution is 2.26. The largest absolute Gasteiger partial charge is 0.381 e. The van der Waals surface area contributed by atoms with Gasteiger partial charge in [0.15, 0.2) is 0 Å². The number of alkyl halides is 1. The maximum atomic E-state index is 13.6. The van der Waals surface area contributed by atoms with Crippen LogP contribution in [0.1, 0.15) is 26.7 Å². The molecule has 0 aromatic carbocycles. The van der Waals surface area contributed by atoms with Crippen LogP contribution in [-0.2, 0) is 4.74 Å². The molecule has 72 valence electrons. The Morgan fingerprint density at radius 2 is 1.92 bits per heavy atom. The summed E-state index contributed by atoms with van der Waals surface area (Å²) in [5.41, 5.74) is 4.99. The Balaban J connectivity index is 2.45. The van der Waals surface area contributed by atoms with Crippen molar-refractivity contribution < 1.29 is 9.13 Å². The van der Waals surface area contributed by atoms with Gasteiger partial charge in [-0.25, -0.2) is 4.39 Å². The van der Waals surface area contributed by atoms with Crippen molar-refractivity contribution in [2.24, 2.45) is 11.7 Å². The number of rotatable bonds is 2. The molecule has 1 atom stereocenters. The Bertz CT molecular complexity index is 138. The molecule has 0 spiro atoms. The molecular formula is C9H18FNO. The first-order valence-corrected chi connectivity index (χ1v) is 4.52. The molecule has 1 aliphatic heterocycles. The van der Waals surface area contributed by atoms with Crippen LogP contribution in [-0.4, -0.2) is 24.9 Å². The number of hydrogen-bond acceptors (Lipinski definition) is 2. The van der Waals surface area contributed by atoms with E-state index in [1.54, 1.807) is 13.8 Å². The van der Waals surface area contributed by atoms with Gasteiger partial charge in [0.2, 0.25) is 0 Å². The molecule has 2 nitrogen and oxygen atoms in total. The molecule has 2 N–H and O–H groups in total. The third kappa shape index (κ3) is 2.42. The van der Waals surface area contributed by atoms with Gasteiger partial charge in [-0.1, -0.05) is 0 Å². The van der Waals surface area contributed by atoms with Crippen LogP contribution < -0.4 is 5.73 Å². The average Bonchev–Trinajstić information content (AvgIpc) is 2.03. The highest BCUT2D eigenvalue weighted by molar-refractivity contribution is 4.88. The summed E-state index contributed by atoms with van der Waals surface area (Å²) >= 11 is 0. The van der Waals surface area contributed by atoms with Crippen LogP contribution in [0, 0.1) is 5.92 Å². The average molecular weight is 175 g/mol. The molecule has 0 bridgehead atoms. The van der Waals surface area contributed by atoms with Crippen LogP contribution >= 0.6 is 0 Å². The summed E-state index contributed by atoms with van der Waals surface area (Å²) < 4.78 is 18.8. The molecule has 0 aliphatic carbocycles. The zero-order valence-corrected chi connectivity index (χ0v) is 7.85. The number of halogens is 1. The van der Waals surface area contributed by atoms with Crippen molar-refractivity contribution in [2.75, 3.05) is 13.2 Å². The van der Waals surface area contributed by atoms with Crippen LogP contribution in [0.25, 0.3) is 0 Å². The third-order valence-corrected chi connectivity index (χ3v) is 2.39. The lowest BCUT2D eigenvalue weighted by molar-refractivity contribution is 0.0195. The fraction of sp³-hybridized carbons (Fsp3) is 1.00. The summed E-state index contributed by atoms with van der Waals surface area (Å²) in [5.74, 6) is 0.0961. The summed E-state index contributed by atoms with van der Waals surface area (Å²) in [6.07, 6.45) is 0.713. The molecule has 1 aliphatic rings. The monoisotopic (exact) mass is 175 g/mol. The van der Waals surface area contributed by atoms with E-state index in [-0.39, 0.29) is 5.92 Å². The Hall–Kier alpha value is -0.150. The normalized spacial score (nSPS) is 24.0. The molecule has 0 radical (unpaired) electrons. The van der Waals surface area contributed by atoms with E-state index in [0.29, 0.717) is 13.2 Å². The molecule has 0 aromatic rings. The van der Waals surface area contributed by atoms with Crippen LogP contribution in [0.2, 0.25) is 0 Å². The Kier molecular flexibility index (Phi) is 3.07. The van der Waals surface area contributed by atoms with E-state index in [9.17, 15) is 4.39 Å². The molecule has 0 saturated carbocycles. The van der Waals surface area contributed by atoms with E-state index in [1.807, 2.05) is 0 Å². The first-order chi connectivity index (χ1) is 5.52. The van der Waals surface area contributed by atoms with Gasteiger partial charge in [-0.05, 0) is 32.6 Å². The first kappa shape index (κ1) is 9.93. The summed E-state index contributed by atoms with van der Waals surface area (Å²) in [6.45, 7) is 4.85. The van der Waals surface area contributed by atoms with Gasteiger partial charge in [-0.3, -0.25) is 0 Å².